The Bertz CT molecular complexity index is 1410. The summed E-state index contributed by atoms with van der Waals surface area (Å²) in [6.45, 7) is 3.33. The smallest absolute Gasteiger partial charge is 0.363 e. The van der Waals surface area contributed by atoms with Crippen molar-refractivity contribution in [2.75, 3.05) is 12.4 Å². The van der Waals surface area contributed by atoms with Crippen molar-refractivity contribution in [1.29, 1.82) is 0 Å². The molecule has 0 aliphatic carbocycles. The molecule has 1 N–H and O–H groups in total. The van der Waals surface area contributed by atoms with E-state index in [2.05, 4.69) is 10.3 Å². The number of esters is 2. The average Bonchev–Trinajstić information content (AvgIpc) is 3.21. The van der Waals surface area contributed by atoms with Crippen LogP contribution in [0.5, 0.6) is 11.5 Å². The molecule has 1 amide bonds. The highest BCUT2D eigenvalue weighted by molar-refractivity contribution is 6.32. The minimum Gasteiger partial charge on any atom is -0.493 e. The second-order valence-electron chi connectivity index (χ2n) is 7.88. The van der Waals surface area contributed by atoms with Crippen LogP contribution in [-0.2, 0) is 14.3 Å². The molecular formula is C27H21ClN2O6. The Labute approximate surface area is 212 Å². The third kappa shape index (κ3) is 5.61. The van der Waals surface area contributed by atoms with E-state index < -0.39 is 11.9 Å². The molecule has 36 heavy (non-hydrogen) atoms. The molecule has 0 aromatic heterocycles. The SMILES string of the molecule is COc1cc(/C=C2\N=C(c3ccc(NC(C)=O)cc3)OC2=O)cc(Cl)c1OC(=O)c1ccc(C)cc1. The molecule has 3 aromatic carbocycles. The van der Waals surface area contributed by atoms with Gasteiger partial charge in [0.25, 0.3) is 0 Å². The van der Waals surface area contributed by atoms with Crippen LogP contribution in [0, 0.1) is 6.92 Å². The summed E-state index contributed by atoms with van der Waals surface area (Å²) < 4.78 is 16.2. The summed E-state index contributed by atoms with van der Waals surface area (Å²) in [5, 5.41) is 2.78. The highest BCUT2D eigenvalue weighted by Gasteiger charge is 2.25. The van der Waals surface area contributed by atoms with Gasteiger partial charge in [0, 0.05) is 18.2 Å². The number of aryl methyl sites for hydroxylation is 1. The largest absolute Gasteiger partial charge is 0.493 e. The van der Waals surface area contributed by atoms with E-state index in [-0.39, 0.29) is 34.0 Å². The van der Waals surface area contributed by atoms with Crippen molar-refractivity contribution in [3.63, 3.8) is 0 Å². The van der Waals surface area contributed by atoms with Gasteiger partial charge in [0.15, 0.2) is 17.2 Å². The van der Waals surface area contributed by atoms with Gasteiger partial charge >= 0.3 is 11.9 Å². The highest BCUT2D eigenvalue weighted by atomic mass is 35.5. The van der Waals surface area contributed by atoms with Crippen LogP contribution in [-0.4, -0.2) is 30.9 Å². The number of hydrogen-bond acceptors (Lipinski definition) is 7. The lowest BCUT2D eigenvalue weighted by Crippen LogP contribution is -2.09. The van der Waals surface area contributed by atoms with Crippen LogP contribution in [0.1, 0.15) is 34.0 Å². The van der Waals surface area contributed by atoms with E-state index in [1.54, 1.807) is 54.6 Å². The normalized spacial score (nSPS) is 13.7. The van der Waals surface area contributed by atoms with Gasteiger partial charge in [-0.15, -0.1) is 0 Å². The number of hydrogen-bond donors (Lipinski definition) is 1. The van der Waals surface area contributed by atoms with Gasteiger partial charge in [-0.2, -0.15) is 0 Å². The number of aliphatic imine (C=N–C) groups is 1. The van der Waals surface area contributed by atoms with Crippen LogP contribution in [0.15, 0.2) is 71.4 Å². The Balaban J connectivity index is 1.57. The van der Waals surface area contributed by atoms with Gasteiger partial charge < -0.3 is 19.5 Å². The topological polar surface area (TPSA) is 103 Å². The maximum Gasteiger partial charge on any atom is 0.363 e. The summed E-state index contributed by atoms with van der Waals surface area (Å²) in [6.07, 6.45) is 1.49. The van der Waals surface area contributed by atoms with Crippen LogP contribution >= 0.6 is 11.6 Å². The number of amides is 1. The lowest BCUT2D eigenvalue weighted by atomic mass is 10.1. The molecule has 4 rings (SSSR count). The zero-order valence-electron chi connectivity index (χ0n) is 19.6. The van der Waals surface area contributed by atoms with Crippen molar-refractivity contribution in [3.05, 3.63) is 93.6 Å². The van der Waals surface area contributed by atoms with E-state index in [1.807, 2.05) is 6.92 Å². The fourth-order valence-electron chi connectivity index (χ4n) is 3.35. The number of carbonyl (C=O) groups excluding carboxylic acids is 3. The fraction of sp³-hybridized carbons (Fsp3) is 0.111. The molecule has 182 valence electrons. The number of halogens is 1. The van der Waals surface area contributed by atoms with Gasteiger partial charge in [0.05, 0.1) is 17.7 Å². The number of rotatable bonds is 6. The number of nitrogens with zero attached hydrogens (tertiary/aromatic N) is 1. The number of benzene rings is 3. The van der Waals surface area contributed by atoms with E-state index in [0.717, 1.165) is 5.56 Å². The Morgan fingerprint density at radius 3 is 2.39 bits per heavy atom. The molecule has 0 fully saturated rings. The molecular weight excluding hydrogens is 484 g/mol. The minimum atomic E-state index is -0.638. The van der Waals surface area contributed by atoms with Crippen molar-refractivity contribution in [2.24, 2.45) is 4.99 Å². The van der Waals surface area contributed by atoms with E-state index in [4.69, 9.17) is 25.8 Å². The molecule has 8 nitrogen and oxygen atoms in total. The molecule has 0 saturated heterocycles. The molecule has 0 spiro atoms. The maximum atomic E-state index is 12.5. The van der Waals surface area contributed by atoms with Crippen LogP contribution < -0.4 is 14.8 Å². The third-order valence-corrected chi connectivity index (χ3v) is 5.39. The number of ether oxygens (including phenoxy) is 3. The monoisotopic (exact) mass is 504 g/mol. The van der Waals surface area contributed by atoms with Crippen molar-refractivity contribution in [3.8, 4) is 11.5 Å². The lowest BCUT2D eigenvalue weighted by Gasteiger charge is -2.12. The Morgan fingerprint density at radius 1 is 1.06 bits per heavy atom. The predicted molar refractivity (Wildman–Crippen MR) is 135 cm³/mol. The third-order valence-electron chi connectivity index (χ3n) is 5.11. The standard InChI is InChI=1S/C27H21ClN2O6/c1-15-4-6-19(7-5-15)26(32)35-24-21(28)12-17(14-23(24)34-3)13-22-27(33)36-25(30-22)18-8-10-20(11-9-18)29-16(2)31/h4-14H,1-3H3,(H,29,31)/b22-13-. The van der Waals surface area contributed by atoms with Crippen LogP contribution in [0.25, 0.3) is 6.08 Å². The number of methoxy groups -OCH3 is 1. The van der Waals surface area contributed by atoms with Crippen LogP contribution in [0.2, 0.25) is 5.02 Å². The van der Waals surface area contributed by atoms with E-state index >= 15 is 0 Å². The zero-order valence-corrected chi connectivity index (χ0v) is 20.4. The van der Waals surface area contributed by atoms with E-state index in [1.165, 1.54) is 26.2 Å². The second kappa shape index (κ2) is 10.5. The average molecular weight is 505 g/mol. The number of anilines is 1. The molecule has 0 radical (unpaired) electrons. The van der Waals surface area contributed by atoms with Gasteiger partial charge in [-0.1, -0.05) is 29.3 Å². The summed E-state index contributed by atoms with van der Waals surface area (Å²) in [7, 11) is 1.41. The number of cyclic esters (lactones) is 1. The molecule has 0 atom stereocenters. The van der Waals surface area contributed by atoms with Crippen molar-refractivity contribution in [1.82, 2.24) is 0 Å². The summed E-state index contributed by atoms with van der Waals surface area (Å²) in [6, 6.07) is 16.7. The van der Waals surface area contributed by atoms with E-state index in [0.29, 0.717) is 22.4 Å². The van der Waals surface area contributed by atoms with Crippen molar-refractivity contribution in [2.45, 2.75) is 13.8 Å². The first-order chi connectivity index (χ1) is 17.2. The van der Waals surface area contributed by atoms with Gasteiger partial charge in [-0.25, -0.2) is 14.6 Å². The van der Waals surface area contributed by atoms with Gasteiger partial charge in [-0.05, 0) is 67.1 Å². The molecule has 0 unspecified atom stereocenters. The first-order valence-corrected chi connectivity index (χ1v) is 11.2. The number of carbonyl (C=O) groups is 3. The Kier molecular flexibility index (Phi) is 7.17. The predicted octanol–water partition coefficient (Wildman–Crippen LogP) is 5.18. The first kappa shape index (κ1) is 24.7. The molecule has 1 heterocycles. The molecule has 1 aliphatic heterocycles. The van der Waals surface area contributed by atoms with Crippen molar-refractivity contribution >= 4 is 47.1 Å². The second-order valence-corrected chi connectivity index (χ2v) is 8.29. The lowest BCUT2D eigenvalue weighted by molar-refractivity contribution is -0.129. The summed E-state index contributed by atoms with van der Waals surface area (Å²) in [5.41, 5.74) is 3.10. The molecule has 1 aliphatic rings. The summed E-state index contributed by atoms with van der Waals surface area (Å²) in [5.74, 6) is -1.02. The quantitative estimate of drug-likeness (QED) is 0.282. The minimum absolute atomic E-state index is 0.0541. The van der Waals surface area contributed by atoms with Gasteiger partial charge in [0.2, 0.25) is 11.8 Å². The molecule has 0 bridgehead atoms. The number of nitrogens with one attached hydrogen (secondary N) is 1. The van der Waals surface area contributed by atoms with Crippen molar-refractivity contribution < 1.29 is 28.6 Å². The Hall–Kier alpha value is -4.43. The van der Waals surface area contributed by atoms with Crippen LogP contribution in [0.4, 0.5) is 5.69 Å². The summed E-state index contributed by atoms with van der Waals surface area (Å²) >= 11 is 6.40. The van der Waals surface area contributed by atoms with Gasteiger partial charge in [-0.3, -0.25) is 4.79 Å². The fourth-order valence-corrected chi connectivity index (χ4v) is 3.61. The highest BCUT2D eigenvalue weighted by Crippen LogP contribution is 2.38. The Morgan fingerprint density at radius 2 is 1.75 bits per heavy atom. The van der Waals surface area contributed by atoms with E-state index in [9.17, 15) is 14.4 Å². The molecule has 3 aromatic rings. The first-order valence-electron chi connectivity index (χ1n) is 10.8. The van der Waals surface area contributed by atoms with Gasteiger partial charge in [0.1, 0.15) is 0 Å². The zero-order chi connectivity index (χ0) is 25.8. The van der Waals surface area contributed by atoms with Crippen LogP contribution in [0.3, 0.4) is 0 Å². The summed E-state index contributed by atoms with van der Waals surface area (Å²) in [4.78, 5) is 40.4. The molecule has 9 heteroatoms. The molecule has 0 saturated carbocycles. The maximum absolute atomic E-state index is 12.5.